The summed E-state index contributed by atoms with van der Waals surface area (Å²) < 4.78 is 5.83. The van der Waals surface area contributed by atoms with Gasteiger partial charge in [-0.2, -0.15) is 0 Å². The first-order valence-corrected chi connectivity index (χ1v) is 10.3. The molecule has 1 aromatic heterocycles. The van der Waals surface area contributed by atoms with Gasteiger partial charge in [0, 0.05) is 39.1 Å². The molecule has 3 aliphatic rings. The van der Waals surface area contributed by atoms with Crippen LogP contribution in [0.15, 0.2) is 35.7 Å². The van der Waals surface area contributed by atoms with Gasteiger partial charge in [0.1, 0.15) is 12.0 Å². The molecule has 0 amide bonds. The van der Waals surface area contributed by atoms with Crippen LogP contribution in [-0.2, 0) is 14.3 Å². The van der Waals surface area contributed by atoms with E-state index in [2.05, 4.69) is 18.0 Å². The van der Waals surface area contributed by atoms with Crippen molar-refractivity contribution in [3.8, 4) is 0 Å². The summed E-state index contributed by atoms with van der Waals surface area (Å²) in [4.78, 5) is 28.1. The Bertz CT molecular complexity index is 785. The molecule has 2 heterocycles. The second kappa shape index (κ2) is 7.03. The molecule has 2 atom stereocenters. The third-order valence-corrected chi connectivity index (χ3v) is 6.78. The van der Waals surface area contributed by atoms with Crippen LogP contribution in [0.3, 0.4) is 0 Å². The number of carbonyl (C=O) groups is 2. The van der Waals surface area contributed by atoms with E-state index in [1.54, 1.807) is 11.3 Å². The smallest absolute Gasteiger partial charge is 0.316 e. The van der Waals surface area contributed by atoms with Crippen molar-refractivity contribution >= 4 is 23.1 Å². The Balaban J connectivity index is 1.73. The monoisotopic (exact) mass is 371 g/mol. The zero-order chi connectivity index (χ0) is 18.3. The van der Waals surface area contributed by atoms with E-state index in [0.29, 0.717) is 12.1 Å². The van der Waals surface area contributed by atoms with Gasteiger partial charge in [-0.3, -0.25) is 9.59 Å². The lowest BCUT2D eigenvalue weighted by molar-refractivity contribution is -0.153. The Morgan fingerprint density at radius 2 is 2.00 bits per heavy atom. The van der Waals surface area contributed by atoms with Gasteiger partial charge in [0.25, 0.3) is 0 Å². The standard InChI is InChI=1S/C21H25NO3S/c1-12-10-11-17(26-12)20-18(21(24)25-14-6-3-4-7-14)13(2)22-15-8-5-9-16(23)19(15)20/h10-11,14,18,20,22H,2-9H2,1H3. The molecule has 0 bridgehead atoms. The van der Waals surface area contributed by atoms with E-state index in [4.69, 9.17) is 4.74 Å². The number of carbonyl (C=O) groups excluding carboxylic acids is 2. The molecular weight excluding hydrogens is 346 g/mol. The van der Waals surface area contributed by atoms with Crippen LogP contribution in [0.4, 0.5) is 0 Å². The Morgan fingerprint density at radius 3 is 2.69 bits per heavy atom. The molecule has 0 radical (unpaired) electrons. The molecule has 1 aromatic rings. The Kier molecular flexibility index (Phi) is 4.74. The Morgan fingerprint density at radius 1 is 1.23 bits per heavy atom. The average Bonchev–Trinajstić information content (AvgIpc) is 3.25. The van der Waals surface area contributed by atoms with Crippen LogP contribution in [0.2, 0.25) is 0 Å². The summed E-state index contributed by atoms with van der Waals surface area (Å²) in [6.07, 6.45) is 6.36. The number of hydrogen-bond donors (Lipinski definition) is 1. The number of thiophene rings is 1. The van der Waals surface area contributed by atoms with Gasteiger partial charge in [-0.05, 0) is 57.6 Å². The van der Waals surface area contributed by atoms with E-state index >= 15 is 0 Å². The van der Waals surface area contributed by atoms with Crippen LogP contribution in [-0.4, -0.2) is 17.9 Å². The molecule has 2 unspecified atom stereocenters. The van der Waals surface area contributed by atoms with Crippen molar-refractivity contribution in [1.82, 2.24) is 5.32 Å². The molecule has 1 aliphatic heterocycles. The van der Waals surface area contributed by atoms with Crippen LogP contribution in [0.25, 0.3) is 0 Å². The number of Topliss-reactive ketones (excluding diaryl/α,β-unsaturated/α-hetero) is 1. The van der Waals surface area contributed by atoms with Crippen molar-refractivity contribution in [3.05, 3.63) is 45.4 Å². The fourth-order valence-electron chi connectivity index (χ4n) is 4.44. The predicted molar refractivity (Wildman–Crippen MR) is 102 cm³/mol. The molecule has 0 aromatic carbocycles. The third kappa shape index (κ3) is 3.13. The number of hydrogen-bond acceptors (Lipinski definition) is 5. The topological polar surface area (TPSA) is 55.4 Å². The number of rotatable bonds is 3. The molecule has 0 spiro atoms. The Hall–Kier alpha value is -1.88. The number of aryl methyl sites for hydroxylation is 1. The van der Waals surface area contributed by atoms with E-state index in [9.17, 15) is 9.59 Å². The zero-order valence-corrected chi connectivity index (χ0v) is 16.0. The molecular formula is C21H25NO3S. The maximum absolute atomic E-state index is 13.1. The highest BCUT2D eigenvalue weighted by atomic mass is 32.1. The van der Waals surface area contributed by atoms with Gasteiger partial charge in [-0.1, -0.05) is 6.58 Å². The largest absolute Gasteiger partial charge is 0.462 e. The number of allylic oxidation sites excluding steroid dienone is 2. The van der Waals surface area contributed by atoms with E-state index in [1.807, 2.05) is 13.0 Å². The van der Waals surface area contributed by atoms with Gasteiger partial charge in [0.2, 0.25) is 0 Å². The van der Waals surface area contributed by atoms with E-state index in [1.165, 1.54) is 4.88 Å². The SMILES string of the molecule is C=C1NC2=C(C(=O)CCC2)C(c2ccc(C)s2)C1C(=O)OC1CCCC1. The van der Waals surface area contributed by atoms with Gasteiger partial charge in [0.15, 0.2) is 5.78 Å². The summed E-state index contributed by atoms with van der Waals surface area (Å²) >= 11 is 1.65. The second-order valence-electron chi connectivity index (χ2n) is 7.57. The molecule has 138 valence electrons. The minimum Gasteiger partial charge on any atom is -0.462 e. The van der Waals surface area contributed by atoms with Crippen molar-refractivity contribution in [3.63, 3.8) is 0 Å². The fourth-order valence-corrected chi connectivity index (χ4v) is 5.47. The summed E-state index contributed by atoms with van der Waals surface area (Å²) in [5.74, 6) is -0.884. The van der Waals surface area contributed by atoms with Crippen molar-refractivity contribution in [2.75, 3.05) is 0 Å². The summed E-state index contributed by atoms with van der Waals surface area (Å²) in [7, 11) is 0. The zero-order valence-electron chi connectivity index (χ0n) is 15.2. The lowest BCUT2D eigenvalue weighted by atomic mass is 9.74. The highest BCUT2D eigenvalue weighted by Gasteiger charge is 2.45. The second-order valence-corrected chi connectivity index (χ2v) is 8.89. The summed E-state index contributed by atoms with van der Waals surface area (Å²) in [6, 6.07) is 4.10. The minimum atomic E-state index is -0.533. The first kappa shape index (κ1) is 17.5. The van der Waals surface area contributed by atoms with E-state index in [0.717, 1.165) is 54.7 Å². The molecule has 0 saturated heterocycles. The van der Waals surface area contributed by atoms with Gasteiger partial charge < -0.3 is 10.1 Å². The highest BCUT2D eigenvalue weighted by molar-refractivity contribution is 7.12. The van der Waals surface area contributed by atoms with E-state index in [-0.39, 0.29) is 23.8 Å². The maximum atomic E-state index is 13.1. The lowest BCUT2D eigenvalue weighted by Gasteiger charge is -2.38. The lowest BCUT2D eigenvalue weighted by Crippen LogP contribution is -2.41. The number of ether oxygens (including phenoxy) is 1. The van der Waals surface area contributed by atoms with Crippen molar-refractivity contribution in [1.29, 1.82) is 0 Å². The molecule has 2 aliphatic carbocycles. The number of ketones is 1. The van der Waals surface area contributed by atoms with Crippen molar-refractivity contribution in [2.24, 2.45) is 5.92 Å². The molecule has 1 N–H and O–H groups in total. The van der Waals surface area contributed by atoms with Crippen LogP contribution in [0.5, 0.6) is 0 Å². The molecule has 26 heavy (non-hydrogen) atoms. The predicted octanol–water partition coefficient (Wildman–Crippen LogP) is 4.37. The summed E-state index contributed by atoms with van der Waals surface area (Å²) in [5.41, 5.74) is 2.39. The van der Waals surface area contributed by atoms with Crippen molar-refractivity contribution in [2.45, 2.75) is 63.9 Å². The van der Waals surface area contributed by atoms with E-state index < -0.39 is 5.92 Å². The maximum Gasteiger partial charge on any atom is 0.316 e. The first-order valence-electron chi connectivity index (χ1n) is 9.53. The average molecular weight is 372 g/mol. The van der Waals surface area contributed by atoms with Gasteiger partial charge in [-0.15, -0.1) is 11.3 Å². The van der Waals surface area contributed by atoms with Gasteiger partial charge in [0.05, 0.1) is 0 Å². The van der Waals surface area contributed by atoms with Gasteiger partial charge in [-0.25, -0.2) is 0 Å². The molecule has 1 saturated carbocycles. The fraction of sp³-hybridized carbons (Fsp3) is 0.524. The third-order valence-electron chi connectivity index (χ3n) is 5.69. The highest BCUT2D eigenvalue weighted by Crippen LogP contribution is 2.46. The molecule has 4 rings (SSSR count). The molecule has 1 fully saturated rings. The van der Waals surface area contributed by atoms with Crippen LogP contribution < -0.4 is 5.32 Å². The normalized spacial score (nSPS) is 26.7. The van der Waals surface area contributed by atoms with Crippen LogP contribution >= 0.6 is 11.3 Å². The number of nitrogens with one attached hydrogen (secondary N) is 1. The van der Waals surface area contributed by atoms with Crippen LogP contribution in [0.1, 0.15) is 60.6 Å². The van der Waals surface area contributed by atoms with Crippen molar-refractivity contribution < 1.29 is 14.3 Å². The Labute approximate surface area is 158 Å². The first-order chi connectivity index (χ1) is 12.5. The summed E-state index contributed by atoms with van der Waals surface area (Å²) in [6.45, 7) is 6.19. The quantitative estimate of drug-likeness (QED) is 0.802. The molecule has 5 heteroatoms. The minimum absolute atomic E-state index is 0.0125. The van der Waals surface area contributed by atoms with Gasteiger partial charge >= 0.3 is 5.97 Å². The summed E-state index contributed by atoms with van der Waals surface area (Å²) in [5, 5.41) is 3.28. The molecule has 4 nitrogen and oxygen atoms in total. The number of esters is 1. The van der Waals surface area contributed by atoms with Crippen LogP contribution in [0, 0.1) is 12.8 Å².